The molecule has 5 nitrogen and oxygen atoms in total. The molecule has 2 heterocycles. The van der Waals surface area contributed by atoms with Crippen molar-refractivity contribution in [3.05, 3.63) is 53.1 Å². The van der Waals surface area contributed by atoms with E-state index in [-0.39, 0.29) is 0 Å². The zero-order valence-corrected chi connectivity index (χ0v) is 15.4. The number of halogens is 1. The first-order valence-corrected chi connectivity index (χ1v) is 9.38. The summed E-state index contributed by atoms with van der Waals surface area (Å²) in [6, 6.07) is 13.6. The minimum atomic E-state index is -0.544. The van der Waals surface area contributed by atoms with Crippen molar-refractivity contribution in [2.24, 2.45) is 0 Å². The highest BCUT2D eigenvalue weighted by Crippen LogP contribution is 2.33. The Morgan fingerprint density at radius 1 is 0.962 bits per heavy atom. The summed E-state index contributed by atoms with van der Waals surface area (Å²) in [6.45, 7) is 5.33. The van der Waals surface area contributed by atoms with E-state index in [0.29, 0.717) is 19.8 Å². The van der Waals surface area contributed by atoms with Crippen LogP contribution in [0.1, 0.15) is 11.7 Å². The predicted molar refractivity (Wildman–Crippen MR) is 102 cm³/mol. The third-order valence-electron chi connectivity index (χ3n) is 4.95. The molecule has 1 fully saturated rings. The number of rotatable bonds is 4. The summed E-state index contributed by atoms with van der Waals surface area (Å²) < 4.78 is 11.1. The van der Waals surface area contributed by atoms with E-state index < -0.39 is 6.10 Å². The number of anilines is 1. The fourth-order valence-electron chi connectivity index (χ4n) is 3.50. The van der Waals surface area contributed by atoms with Crippen LogP contribution in [0.4, 0.5) is 5.69 Å². The molecule has 2 aliphatic rings. The molecule has 1 N–H and O–H groups in total. The molecule has 0 amide bonds. The van der Waals surface area contributed by atoms with Crippen LogP contribution in [0, 0.1) is 0 Å². The van der Waals surface area contributed by atoms with Crippen LogP contribution >= 0.6 is 11.6 Å². The number of aliphatic hydroxyl groups excluding tert-OH is 1. The molecule has 4 rings (SSSR count). The third kappa shape index (κ3) is 3.75. The van der Waals surface area contributed by atoms with Crippen molar-refractivity contribution in [3.8, 4) is 11.5 Å². The Kier molecular flexibility index (Phi) is 5.20. The summed E-state index contributed by atoms with van der Waals surface area (Å²) in [5.41, 5.74) is 1.95. The molecule has 0 aliphatic carbocycles. The van der Waals surface area contributed by atoms with Crippen LogP contribution in [0.2, 0.25) is 5.02 Å². The van der Waals surface area contributed by atoms with E-state index in [9.17, 15) is 5.11 Å². The normalized spacial score (nSPS) is 18.6. The number of hydrogen-bond acceptors (Lipinski definition) is 5. The first-order valence-electron chi connectivity index (χ1n) is 9.00. The number of nitrogens with zero attached hydrogens (tertiary/aromatic N) is 2. The molecule has 2 aromatic rings. The lowest BCUT2D eigenvalue weighted by atomic mass is 10.1. The van der Waals surface area contributed by atoms with Crippen molar-refractivity contribution in [1.29, 1.82) is 0 Å². The highest BCUT2D eigenvalue weighted by molar-refractivity contribution is 6.33. The van der Waals surface area contributed by atoms with Gasteiger partial charge in [0.25, 0.3) is 0 Å². The van der Waals surface area contributed by atoms with Crippen LogP contribution in [0.3, 0.4) is 0 Å². The van der Waals surface area contributed by atoms with Crippen molar-refractivity contribution in [2.45, 2.75) is 6.10 Å². The van der Waals surface area contributed by atoms with Crippen molar-refractivity contribution < 1.29 is 14.6 Å². The fraction of sp³-hybridized carbons (Fsp3) is 0.400. The van der Waals surface area contributed by atoms with E-state index in [2.05, 4.69) is 15.9 Å². The number of benzene rings is 2. The van der Waals surface area contributed by atoms with Gasteiger partial charge in [-0.25, -0.2) is 0 Å². The van der Waals surface area contributed by atoms with Gasteiger partial charge in [-0.3, -0.25) is 4.90 Å². The number of fused-ring (bicyclic) bond motifs is 1. The minimum absolute atomic E-state index is 0.544. The van der Waals surface area contributed by atoms with E-state index in [1.807, 2.05) is 36.4 Å². The number of hydrogen-bond donors (Lipinski definition) is 1. The van der Waals surface area contributed by atoms with Gasteiger partial charge in [-0.15, -0.1) is 0 Å². The van der Waals surface area contributed by atoms with Crippen molar-refractivity contribution in [1.82, 2.24) is 4.90 Å². The van der Waals surface area contributed by atoms with E-state index in [0.717, 1.165) is 54.0 Å². The SMILES string of the molecule is OC(CN1CCN(c2ccccc2Cl)CC1)c1ccc2c(c1)OCCO2. The molecule has 1 saturated heterocycles. The molecular weight excluding hydrogens is 352 g/mol. The first-order chi connectivity index (χ1) is 12.7. The van der Waals surface area contributed by atoms with Gasteiger partial charge in [0, 0.05) is 32.7 Å². The van der Waals surface area contributed by atoms with E-state index in [1.54, 1.807) is 0 Å². The van der Waals surface area contributed by atoms with Crippen molar-refractivity contribution in [2.75, 3.05) is 50.8 Å². The smallest absolute Gasteiger partial charge is 0.161 e. The summed E-state index contributed by atoms with van der Waals surface area (Å²) in [5.74, 6) is 1.47. The van der Waals surface area contributed by atoms with Crippen LogP contribution in [0.5, 0.6) is 11.5 Å². The van der Waals surface area contributed by atoms with Gasteiger partial charge in [0.05, 0.1) is 16.8 Å². The summed E-state index contributed by atoms with van der Waals surface area (Å²) in [7, 11) is 0. The second-order valence-corrected chi connectivity index (χ2v) is 7.07. The van der Waals surface area contributed by atoms with Crippen LogP contribution in [0.15, 0.2) is 42.5 Å². The van der Waals surface area contributed by atoms with Crippen molar-refractivity contribution >= 4 is 17.3 Å². The Morgan fingerprint density at radius 2 is 1.69 bits per heavy atom. The average Bonchev–Trinajstić information content (AvgIpc) is 2.69. The second kappa shape index (κ2) is 7.74. The molecular formula is C20H23ClN2O3. The average molecular weight is 375 g/mol. The fourth-order valence-corrected chi connectivity index (χ4v) is 3.75. The van der Waals surface area contributed by atoms with Crippen LogP contribution in [0.25, 0.3) is 0 Å². The lowest BCUT2D eigenvalue weighted by molar-refractivity contribution is 0.108. The molecule has 1 unspecified atom stereocenters. The molecule has 6 heteroatoms. The molecule has 26 heavy (non-hydrogen) atoms. The molecule has 0 bridgehead atoms. The highest BCUT2D eigenvalue weighted by Gasteiger charge is 2.22. The minimum Gasteiger partial charge on any atom is -0.486 e. The quantitative estimate of drug-likeness (QED) is 0.891. The molecule has 2 aliphatic heterocycles. The Bertz CT molecular complexity index is 762. The molecule has 138 valence electrons. The van der Waals surface area contributed by atoms with E-state index in [4.69, 9.17) is 21.1 Å². The van der Waals surface area contributed by atoms with Gasteiger partial charge in [0.2, 0.25) is 0 Å². The van der Waals surface area contributed by atoms with Gasteiger partial charge in [-0.1, -0.05) is 29.8 Å². The summed E-state index contributed by atoms with van der Waals surface area (Å²) in [6.07, 6.45) is -0.544. The van der Waals surface area contributed by atoms with Crippen molar-refractivity contribution in [3.63, 3.8) is 0 Å². The predicted octanol–water partition coefficient (Wildman–Crippen LogP) is 2.97. The topological polar surface area (TPSA) is 45.2 Å². The molecule has 0 saturated carbocycles. The standard InChI is InChI=1S/C20H23ClN2O3/c21-16-3-1-2-4-17(16)23-9-7-22(8-10-23)14-18(24)15-5-6-19-20(13-15)26-12-11-25-19/h1-6,13,18,24H,7-12,14H2. The van der Waals surface area contributed by atoms with Crippen LogP contribution < -0.4 is 14.4 Å². The zero-order chi connectivity index (χ0) is 17.9. The molecule has 0 radical (unpaired) electrons. The Balaban J connectivity index is 1.35. The van der Waals surface area contributed by atoms with Crippen LogP contribution in [-0.4, -0.2) is 55.9 Å². The van der Waals surface area contributed by atoms with E-state index >= 15 is 0 Å². The Hall–Kier alpha value is -1.95. The molecule has 2 aromatic carbocycles. The molecule has 0 aromatic heterocycles. The molecule has 1 atom stereocenters. The highest BCUT2D eigenvalue weighted by atomic mass is 35.5. The summed E-state index contributed by atoms with van der Waals surface area (Å²) >= 11 is 6.30. The largest absolute Gasteiger partial charge is 0.486 e. The van der Waals surface area contributed by atoms with Gasteiger partial charge < -0.3 is 19.5 Å². The lowest BCUT2D eigenvalue weighted by Crippen LogP contribution is -2.47. The maximum absolute atomic E-state index is 10.6. The number of β-amino-alcohol motifs (C(OH)–C–C–N with tert-alkyl or cyclic N) is 1. The van der Waals surface area contributed by atoms with Gasteiger partial charge >= 0.3 is 0 Å². The number of para-hydroxylation sites is 1. The number of aliphatic hydroxyl groups is 1. The van der Waals surface area contributed by atoms with Gasteiger partial charge in [0.15, 0.2) is 11.5 Å². The lowest BCUT2D eigenvalue weighted by Gasteiger charge is -2.37. The molecule has 0 spiro atoms. The van der Waals surface area contributed by atoms with Gasteiger partial charge in [-0.2, -0.15) is 0 Å². The maximum atomic E-state index is 10.6. The second-order valence-electron chi connectivity index (χ2n) is 6.66. The maximum Gasteiger partial charge on any atom is 0.161 e. The van der Waals surface area contributed by atoms with E-state index in [1.165, 1.54) is 0 Å². The van der Waals surface area contributed by atoms with Crippen LogP contribution in [-0.2, 0) is 0 Å². The Labute approximate surface area is 158 Å². The monoisotopic (exact) mass is 374 g/mol. The van der Waals surface area contributed by atoms with Gasteiger partial charge in [-0.05, 0) is 29.8 Å². The first kappa shape index (κ1) is 17.5. The summed E-state index contributed by atoms with van der Waals surface area (Å²) in [4.78, 5) is 4.59. The number of piperazine rings is 1. The third-order valence-corrected chi connectivity index (χ3v) is 5.27. The zero-order valence-electron chi connectivity index (χ0n) is 14.6. The van der Waals surface area contributed by atoms with Gasteiger partial charge in [0.1, 0.15) is 13.2 Å². The summed E-state index contributed by atoms with van der Waals surface area (Å²) in [5, 5.41) is 11.4. The Morgan fingerprint density at radius 3 is 2.46 bits per heavy atom. The number of ether oxygens (including phenoxy) is 2.